The maximum atomic E-state index is 13.3. The Hall–Kier alpha value is -2.82. The van der Waals surface area contributed by atoms with E-state index in [0.29, 0.717) is 11.3 Å². The van der Waals surface area contributed by atoms with E-state index in [0.717, 1.165) is 54.2 Å². The number of fused-ring (bicyclic) bond motifs is 1. The third-order valence-corrected chi connectivity index (χ3v) is 7.57. The van der Waals surface area contributed by atoms with Crippen molar-refractivity contribution in [3.05, 3.63) is 62.1 Å². The van der Waals surface area contributed by atoms with E-state index >= 15 is 0 Å². The van der Waals surface area contributed by atoms with Gasteiger partial charge in [-0.15, -0.1) is 21.5 Å². The molecule has 0 bridgehead atoms. The minimum absolute atomic E-state index is 0.0331. The second-order valence-electron chi connectivity index (χ2n) is 8.56. The summed E-state index contributed by atoms with van der Waals surface area (Å²) in [4.78, 5) is 26.2. The van der Waals surface area contributed by atoms with E-state index in [1.807, 2.05) is 6.92 Å². The van der Waals surface area contributed by atoms with E-state index in [1.54, 1.807) is 11.6 Å². The molecule has 2 N–H and O–H groups in total. The van der Waals surface area contributed by atoms with Crippen molar-refractivity contribution in [1.29, 1.82) is 0 Å². The Kier molecular flexibility index (Phi) is 6.13. The fourth-order valence-electron chi connectivity index (χ4n) is 4.46. The summed E-state index contributed by atoms with van der Waals surface area (Å²) in [6, 6.07) is 4.35. The summed E-state index contributed by atoms with van der Waals surface area (Å²) in [6.07, 6.45) is 3.15. The maximum Gasteiger partial charge on any atom is 0.293 e. The molecule has 34 heavy (non-hydrogen) atoms. The molecule has 1 aliphatic heterocycles. The van der Waals surface area contributed by atoms with Crippen LogP contribution in [0.4, 0.5) is 10.1 Å². The topological polar surface area (TPSA) is 98.1 Å². The molecule has 178 valence electrons. The van der Waals surface area contributed by atoms with E-state index in [1.165, 1.54) is 23.5 Å². The summed E-state index contributed by atoms with van der Waals surface area (Å²) in [5, 5.41) is 14.6. The fraction of sp³-hybridized carbons (Fsp3) is 0.391. The summed E-state index contributed by atoms with van der Waals surface area (Å²) < 4.78 is 21.2. The van der Waals surface area contributed by atoms with Crippen molar-refractivity contribution in [2.24, 2.45) is 0 Å². The normalized spacial score (nSPS) is 15.7. The van der Waals surface area contributed by atoms with Crippen LogP contribution in [0.1, 0.15) is 51.6 Å². The number of carbonyl (C=O) groups excluding carboxylic acids is 2. The van der Waals surface area contributed by atoms with Gasteiger partial charge < -0.3 is 19.9 Å². The maximum absolute atomic E-state index is 13.3. The van der Waals surface area contributed by atoms with Crippen LogP contribution in [0.3, 0.4) is 0 Å². The molecule has 1 fully saturated rings. The Morgan fingerprint density at radius 2 is 2.18 bits per heavy atom. The van der Waals surface area contributed by atoms with E-state index < -0.39 is 23.0 Å². The van der Waals surface area contributed by atoms with Crippen LogP contribution in [0.2, 0.25) is 5.02 Å². The number of ketones is 1. The van der Waals surface area contributed by atoms with Crippen molar-refractivity contribution < 1.29 is 18.7 Å². The molecule has 0 atom stereocenters. The van der Waals surface area contributed by atoms with Gasteiger partial charge >= 0.3 is 0 Å². The smallest absolute Gasteiger partial charge is 0.293 e. The molecule has 1 aliphatic carbocycles. The zero-order valence-electron chi connectivity index (χ0n) is 18.5. The highest BCUT2D eigenvalue weighted by molar-refractivity contribution is 7.09. The predicted octanol–water partition coefficient (Wildman–Crippen LogP) is 3.96. The molecule has 3 aromatic rings. The molecule has 2 aromatic heterocycles. The van der Waals surface area contributed by atoms with E-state index in [-0.39, 0.29) is 18.4 Å². The number of ether oxygens (including phenoxy) is 1. The van der Waals surface area contributed by atoms with Gasteiger partial charge in [-0.3, -0.25) is 9.59 Å². The minimum atomic E-state index is -0.613. The number of anilines is 1. The van der Waals surface area contributed by atoms with Gasteiger partial charge in [-0.25, -0.2) is 4.39 Å². The van der Waals surface area contributed by atoms with E-state index in [2.05, 4.69) is 25.4 Å². The van der Waals surface area contributed by atoms with Crippen LogP contribution in [0.25, 0.3) is 0 Å². The number of rotatable bonds is 9. The van der Waals surface area contributed by atoms with E-state index in [9.17, 15) is 14.0 Å². The summed E-state index contributed by atoms with van der Waals surface area (Å²) >= 11 is 7.19. The Morgan fingerprint density at radius 3 is 2.88 bits per heavy atom. The zero-order valence-corrected chi connectivity index (χ0v) is 20.1. The lowest BCUT2D eigenvalue weighted by Crippen LogP contribution is -2.39. The third-order valence-electron chi connectivity index (χ3n) is 6.39. The van der Waals surface area contributed by atoms with Crippen molar-refractivity contribution in [2.75, 3.05) is 12.0 Å². The number of aromatic nitrogens is 3. The Bertz CT molecular complexity index is 1260. The molecule has 0 spiro atoms. The second kappa shape index (κ2) is 9.09. The first-order valence-electron chi connectivity index (χ1n) is 11.0. The molecule has 0 saturated heterocycles. The Morgan fingerprint density at radius 1 is 1.35 bits per heavy atom. The lowest BCUT2D eigenvalue weighted by molar-refractivity contribution is -0.118. The number of hydrogen-bond acceptors (Lipinski definition) is 7. The first kappa shape index (κ1) is 22.9. The van der Waals surface area contributed by atoms with Crippen molar-refractivity contribution in [3.63, 3.8) is 0 Å². The molecule has 1 saturated carbocycles. The van der Waals surface area contributed by atoms with Gasteiger partial charge in [0, 0.05) is 23.6 Å². The van der Waals surface area contributed by atoms with Gasteiger partial charge in [-0.05, 0) is 56.4 Å². The SMILES string of the molecule is Cc1c(C(=O)C(=O)NC2(c3nncs3)CC2)c2n(c1COCNc1ccc(F)c(Cl)c1)CCC2. The van der Waals surface area contributed by atoms with Gasteiger partial charge in [0.2, 0.25) is 0 Å². The molecular formula is C23H23ClFN5O3S. The predicted molar refractivity (Wildman–Crippen MR) is 125 cm³/mol. The number of amides is 1. The average Bonchev–Trinajstić information content (AvgIpc) is 3.18. The van der Waals surface area contributed by atoms with Crippen molar-refractivity contribution in [2.45, 2.75) is 51.3 Å². The lowest BCUT2D eigenvalue weighted by Gasteiger charge is -2.13. The lowest BCUT2D eigenvalue weighted by atomic mass is 10.0. The number of halogens is 2. The van der Waals surface area contributed by atoms with Crippen LogP contribution in [-0.2, 0) is 34.6 Å². The minimum Gasteiger partial charge on any atom is -0.363 e. The third kappa shape index (κ3) is 4.21. The van der Waals surface area contributed by atoms with Crippen LogP contribution < -0.4 is 10.6 Å². The summed E-state index contributed by atoms with van der Waals surface area (Å²) in [6.45, 7) is 3.08. The molecule has 1 aromatic carbocycles. The molecule has 0 radical (unpaired) electrons. The Labute approximate surface area is 204 Å². The van der Waals surface area contributed by atoms with Gasteiger partial charge in [0.05, 0.1) is 22.7 Å². The standard InChI is InChI=1S/C23H23ClFN5O3S/c1-13-18(10-33-11-26-14-4-5-16(25)15(24)9-14)30-8-2-3-17(30)19(13)20(31)21(32)28-23(6-7-23)22-29-27-12-34-22/h4-5,9,12,26H,2-3,6-8,10-11H2,1H3,(H,28,32). The quantitative estimate of drug-likeness (QED) is 0.198. The van der Waals surface area contributed by atoms with E-state index in [4.69, 9.17) is 16.3 Å². The van der Waals surface area contributed by atoms with Crippen LogP contribution in [-0.4, -0.2) is 33.2 Å². The highest BCUT2D eigenvalue weighted by Crippen LogP contribution is 2.46. The molecule has 0 unspecified atom stereocenters. The first-order chi connectivity index (χ1) is 16.4. The molecule has 11 heteroatoms. The molecule has 3 heterocycles. The molecular weight excluding hydrogens is 481 g/mol. The van der Waals surface area contributed by atoms with Crippen molar-refractivity contribution >= 4 is 40.3 Å². The van der Waals surface area contributed by atoms with Gasteiger partial charge in [0.25, 0.3) is 11.7 Å². The number of Topliss-reactive ketones (excluding diaryl/α,β-unsaturated/α-hetero) is 1. The number of benzene rings is 1. The van der Waals surface area contributed by atoms with Gasteiger partial charge in [-0.1, -0.05) is 11.6 Å². The largest absolute Gasteiger partial charge is 0.363 e. The van der Waals surface area contributed by atoms with Crippen LogP contribution in [0.15, 0.2) is 23.7 Å². The molecule has 8 nitrogen and oxygen atoms in total. The van der Waals surface area contributed by atoms with Crippen LogP contribution in [0.5, 0.6) is 0 Å². The number of nitrogens with one attached hydrogen (secondary N) is 2. The molecule has 5 rings (SSSR count). The van der Waals surface area contributed by atoms with Gasteiger partial charge in [0.1, 0.15) is 23.1 Å². The van der Waals surface area contributed by atoms with Gasteiger partial charge in [0.15, 0.2) is 0 Å². The first-order valence-corrected chi connectivity index (χ1v) is 12.3. The van der Waals surface area contributed by atoms with Gasteiger partial charge in [-0.2, -0.15) is 0 Å². The van der Waals surface area contributed by atoms with Crippen LogP contribution >= 0.6 is 22.9 Å². The number of carbonyl (C=O) groups is 2. The molecule has 1 amide bonds. The zero-order chi connectivity index (χ0) is 23.9. The highest BCUT2D eigenvalue weighted by Gasteiger charge is 2.49. The molecule has 2 aliphatic rings. The van der Waals surface area contributed by atoms with Crippen molar-refractivity contribution in [3.8, 4) is 0 Å². The number of hydrogen-bond donors (Lipinski definition) is 2. The summed E-state index contributed by atoms with van der Waals surface area (Å²) in [5.74, 6) is -1.62. The highest BCUT2D eigenvalue weighted by atomic mass is 35.5. The summed E-state index contributed by atoms with van der Waals surface area (Å²) in [7, 11) is 0. The second-order valence-corrected chi connectivity index (χ2v) is 9.80. The number of nitrogens with zero attached hydrogens (tertiary/aromatic N) is 3. The summed E-state index contributed by atoms with van der Waals surface area (Å²) in [5.41, 5.74) is 4.70. The monoisotopic (exact) mass is 503 g/mol. The average molecular weight is 504 g/mol. The van der Waals surface area contributed by atoms with Crippen LogP contribution in [0, 0.1) is 12.7 Å². The Balaban J connectivity index is 1.27. The fourth-order valence-corrected chi connectivity index (χ4v) is 5.41. The van der Waals surface area contributed by atoms with Crippen molar-refractivity contribution in [1.82, 2.24) is 20.1 Å².